The first-order chi connectivity index (χ1) is 9.49. The fourth-order valence-electron chi connectivity index (χ4n) is 2.19. The Labute approximate surface area is 118 Å². The first-order valence-electron chi connectivity index (χ1n) is 6.64. The molecule has 0 aliphatic rings. The molecule has 0 aliphatic heterocycles. The van der Waals surface area contributed by atoms with Gasteiger partial charge in [0.2, 0.25) is 0 Å². The Bertz CT molecular complexity index is 614. The molecule has 2 aromatic rings. The van der Waals surface area contributed by atoms with Crippen LogP contribution in [0.3, 0.4) is 0 Å². The number of furan rings is 1. The van der Waals surface area contributed by atoms with Crippen molar-refractivity contribution >= 4 is 11.7 Å². The van der Waals surface area contributed by atoms with Crippen LogP contribution in [0.4, 0.5) is 5.69 Å². The van der Waals surface area contributed by atoms with Gasteiger partial charge < -0.3 is 14.8 Å². The summed E-state index contributed by atoms with van der Waals surface area (Å²) >= 11 is 0. The van der Waals surface area contributed by atoms with Crippen LogP contribution in [0.1, 0.15) is 47.2 Å². The maximum Gasteiger partial charge on any atom is 0.339 e. The van der Waals surface area contributed by atoms with Crippen LogP contribution in [-0.2, 0) is 6.54 Å². The highest BCUT2D eigenvalue weighted by Gasteiger charge is 2.14. The van der Waals surface area contributed by atoms with Crippen LogP contribution in [0.5, 0.6) is 0 Å². The molecule has 0 aliphatic carbocycles. The van der Waals surface area contributed by atoms with Gasteiger partial charge in [-0.05, 0) is 30.5 Å². The first-order valence-corrected chi connectivity index (χ1v) is 6.64. The van der Waals surface area contributed by atoms with E-state index in [4.69, 9.17) is 9.52 Å². The predicted octanol–water partition coefficient (Wildman–Crippen LogP) is 4.02. The number of rotatable bonds is 5. The largest absolute Gasteiger partial charge is 0.478 e. The number of carboxylic acid groups (broad SMARTS) is 1. The third kappa shape index (κ3) is 3.02. The van der Waals surface area contributed by atoms with E-state index in [1.54, 1.807) is 13.0 Å². The lowest BCUT2D eigenvalue weighted by Gasteiger charge is -2.13. The van der Waals surface area contributed by atoms with Gasteiger partial charge in [-0.15, -0.1) is 0 Å². The van der Waals surface area contributed by atoms with Crippen molar-refractivity contribution in [2.45, 2.75) is 33.2 Å². The molecule has 106 valence electrons. The van der Waals surface area contributed by atoms with Gasteiger partial charge in [-0.3, -0.25) is 0 Å². The van der Waals surface area contributed by atoms with Crippen molar-refractivity contribution in [2.24, 2.45) is 0 Å². The summed E-state index contributed by atoms with van der Waals surface area (Å²) in [5.74, 6) is 0.525. The van der Waals surface area contributed by atoms with E-state index in [9.17, 15) is 4.79 Å². The Morgan fingerprint density at radius 1 is 1.35 bits per heavy atom. The van der Waals surface area contributed by atoms with Crippen molar-refractivity contribution in [1.29, 1.82) is 0 Å². The van der Waals surface area contributed by atoms with Gasteiger partial charge in [0, 0.05) is 5.69 Å². The molecule has 0 amide bonds. The van der Waals surface area contributed by atoms with E-state index in [2.05, 4.69) is 25.2 Å². The number of para-hydroxylation sites is 1. The molecule has 0 atom stereocenters. The van der Waals surface area contributed by atoms with Crippen LogP contribution < -0.4 is 5.32 Å². The van der Waals surface area contributed by atoms with E-state index in [1.165, 1.54) is 5.56 Å². The van der Waals surface area contributed by atoms with Crippen molar-refractivity contribution < 1.29 is 14.3 Å². The Kier molecular flexibility index (Phi) is 4.13. The van der Waals surface area contributed by atoms with Gasteiger partial charge in [-0.1, -0.05) is 32.0 Å². The van der Waals surface area contributed by atoms with Crippen molar-refractivity contribution in [3.8, 4) is 0 Å². The summed E-state index contributed by atoms with van der Waals surface area (Å²) in [4.78, 5) is 11.0. The molecule has 1 aromatic heterocycles. The SMILES string of the molecule is Cc1oc(CNc2ccccc2C(C)C)cc1C(=O)O. The minimum atomic E-state index is -0.958. The Morgan fingerprint density at radius 3 is 2.65 bits per heavy atom. The highest BCUT2D eigenvalue weighted by molar-refractivity contribution is 5.88. The normalized spacial score (nSPS) is 10.8. The van der Waals surface area contributed by atoms with E-state index in [0.29, 0.717) is 24.0 Å². The van der Waals surface area contributed by atoms with Crippen LogP contribution in [0.2, 0.25) is 0 Å². The van der Waals surface area contributed by atoms with Crippen molar-refractivity contribution in [2.75, 3.05) is 5.32 Å². The van der Waals surface area contributed by atoms with Crippen LogP contribution in [0.25, 0.3) is 0 Å². The maximum atomic E-state index is 11.0. The number of nitrogens with one attached hydrogen (secondary N) is 1. The zero-order valence-corrected chi connectivity index (χ0v) is 11.9. The topological polar surface area (TPSA) is 62.5 Å². The molecule has 1 aromatic carbocycles. The van der Waals surface area contributed by atoms with Gasteiger partial charge >= 0.3 is 5.97 Å². The van der Waals surface area contributed by atoms with Gasteiger partial charge in [0.05, 0.1) is 6.54 Å². The number of carboxylic acids is 1. The van der Waals surface area contributed by atoms with E-state index >= 15 is 0 Å². The smallest absolute Gasteiger partial charge is 0.339 e. The molecule has 0 bridgehead atoms. The van der Waals surface area contributed by atoms with Crippen molar-refractivity contribution in [1.82, 2.24) is 0 Å². The summed E-state index contributed by atoms with van der Waals surface area (Å²) in [7, 11) is 0. The number of benzene rings is 1. The first kappa shape index (κ1) is 14.2. The van der Waals surface area contributed by atoms with Crippen LogP contribution >= 0.6 is 0 Å². The van der Waals surface area contributed by atoms with E-state index in [1.807, 2.05) is 18.2 Å². The third-order valence-electron chi connectivity index (χ3n) is 3.24. The maximum absolute atomic E-state index is 11.0. The number of aryl methyl sites for hydroxylation is 1. The molecule has 0 unspecified atom stereocenters. The van der Waals surface area contributed by atoms with Gasteiger partial charge in [0.25, 0.3) is 0 Å². The molecule has 4 nitrogen and oxygen atoms in total. The Hall–Kier alpha value is -2.23. The monoisotopic (exact) mass is 273 g/mol. The van der Waals surface area contributed by atoms with Crippen molar-refractivity contribution in [3.63, 3.8) is 0 Å². The fraction of sp³-hybridized carbons (Fsp3) is 0.312. The van der Waals surface area contributed by atoms with Crippen molar-refractivity contribution in [3.05, 3.63) is 53.0 Å². The Balaban J connectivity index is 2.13. The van der Waals surface area contributed by atoms with Crippen LogP contribution in [-0.4, -0.2) is 11.1 Å². The highest BCUT2D eigenvalue weighted by atomic mass is 16.4. The summed E-state index contributed by atoms with van der Waals surface area (Å²) < 4.78 is 5.45. The summed E-state index contributed by atoms with van der Waals surface area (Å²) in [5.41, 5.74) is 2.50. The number of carbonyl (C=O) groups is 1. The molecule has 0 saturated carbocycles. The van der Waals surface area contributed by atoms with Crippen LogP contribution in [0, 0.1) is 6.92 Å². The number of hydrogen-bond acceptors (Lipinski definition) is 3. The second kappa shape index (κ2) is 5.82. The molecular formula is C16H19NO3. The summed E-state index contributed by atoms with van der Waals surface area (Å²) in [6.45, 7) is 6.41. The summed E-state index contributed by atoms with van der Waals surface area (Å²) in [6, 6.07) is 9.67. The summed E-state index contributed by atoms with van der Waals surface area (Å²) in [6.07, 6.45) is 0. The zero-order valence-electron chi connectivity index (χ0n) is 11.9. The lowest BCUT2D eigenvalue weighted by molar-refractivity contribution is 0.0695. The summed E-state index contributed by atoms with van der Waals surface area (Å²) in [5, 5.41) is 12.3. The lowest BCUT2D eigenvalue weighted by atomic mass is 10.0. The van der Waals surface area contributed by atoms with Gasteiger partial charge in [-0.25, -0.2) is 4.79 Å². The molecule has 0 radical (unpaired) electrons. The molecule has 1 heterocycles. The number of hydrogen-bond donors (Lipinski definition) is 2. The molecule has 2 rings (SSSR count). The fourth-order valence-corrected chi connectivity index (χ4v) is 2.19. The second-order valence-corrected chi connectivity index (χ2v) is 5.08. The Morgan fingerprint density at radius 2 is 2.05 bits per heavy atom. The zero-order chi connectivity index (χ0) is 14.7. The van der Waals surface area contributed by atoms with E-state index in [0.717, 1.165) is 5.69 Å². The molecule has 0 spiro atoms. The molecule has 2 N–H and O–H groups in total. The molecule has 20 heavy (non-hydrogen) atoms. The molecule has 4 heteroatoms. The second-order valence-electron chi connectivity index (χ2n) is 5.08. The van der Waals surface area contributed by atoms with E-state index < -0.39 is 5.97 Å². The minimum absolute atomic E-state index is 0.221. The van der Waals surface area contributed by atoms with Crippen LogP contribution in [0.15, 0.2) is 34.7 Å². The predicted molar refractivity (Wildman–Crippen MR) is 78.3 cm³/mol. The number of aromatic carboxylic acids is 1. The quantitative estimate of drug-likeness (QED) is 0.863. The van der Waals surface area contributed by atoms with Gasteiger partial charge in [0.15, 0.2) is 0 Å². The average molecular weight is 273 g/mol. The standard InChI is InChI=1S/C16H19NO3/c1-10(2)13-6-4-5-7-15(13)17-9-12-8-14(16(18)19)11(3)20-12/h4-8,10,17H,9H2,1-3H3,(H,18,19). The molecular weight excluding hydrogens is 254 g/mol. The number of anilines is 1. The average Bonchev–Trinajstić information content (AvgIpc) is 2.78. The van der Waals surface area contributed by atoms with E-state index in [-0.39, 0.29) is 5.56 Å². The highest BCUT2D eigenvalue weighted by Crippen LogP contribution is 2.24. The van der Waals surface area contributed by atoms with Gasteiger partial charge in [0.1, 0.15) is 17.1 Å². The minimum Gasteiger partial charge on any atom is -0.478 e. The van der Waals surface area contributed by atoms with Gasteiger partial charge in [-0.2, -0.15) is 0 Å². The lowest BCUT2D eigenvalue weighted by Crippen LogP contribution is -2.02. The third-order valence-corrected chi connectivity index (χ3v) is 3.24. The molecule has 0 fully saturated rings. The molecule has 0 saturated heterocycles.